The van der Waals surface area contributed by atoms with Crippen LogP contribution in [-0.4, -0.2) is 78.1 Å². The summed E-state index contributed by atoms with van der Waals surface area (Å²) < 4.78 is 49.3. The smallest absolute Gasteiger partial charge is 0.390 e. The molecule has 3 rings (SSSR count). The molecule has 16 nitrogen and oxygen atoms in total. The van der Waals surface area contributed by atoms with Crippen LogP contribution in [0.2, 0.25) is 0 Å². The Morgan fingerprint density at radius 2 is 1.79 bits per heavy atom. The number of aliphatic hydroxyl groups excluding tert-OH is 3. The van der Waals surface area contributed by atoms with E-state index in [-0.39, 0.29) is 12.0 Å². The molecule has 0 saturated carbocycles. The predicted octanol–water partition coefficient (Wildman–Crippen LogP) is -1.40. The van der Waals surface area contributed by atoms with Crippen LogP contribution in [-0.2, 0) is 32.0 Å². The molecule has 2 aliphatic heterocycles. The van der Waals surface area contributed by atoms with Crippen LogP contribution in [0.25, 0.3) is 0 Å². The summed E-state index contributed by atoms with van der Waals surface area (Å²) in [7, 11) is -10.5. The van der Waals surface area contributed by atoms with Crippen molar-refractivity contribution in [1.29, 1.82) is 0 Å². The van der Waals surface area contributed by atoms with E-state index < -0.39 is 83.0 Å². The first-order valence-corrected chi connectivity index (χ1v) is 13.0. The van der Waals surface area contributed by atoms with Gasteiger partial charge in [0.1, 0.15) is 18.4 Å². The van der Waals surface area contributed by atoms with E-state index in [9.17, 15) is 43.8 Å². The number of phosphoric ester groups is 2. The first kappa shape index (κ1) is 27.3. The van der Waals surface area contributed by atoms with Gasteiger partial charge in [-0.1, -0.05) is 0 Å². The van der Waals surface area contributed by atoms with Gasteiger partial charge < -0.3 is 34.6 Å². The fourth-order valence-corrected chi connectivity index (χ4v) is 5.57. The van der Waals surface area contributed by atoms with Crippen molar-refractivity contribution in [2.75, 3.05) is 6.61 Å². The molecule has 194 valence electrons. The van der Waals surface area contributed by atoms with Crippen LogP contribution >= 0.6 is 15.6 Å². The number of nitrogens with one attached hydrogen (secondary N) is 1. The normalized spacial score (nSPS) is 35.6. The van der Waals surface area contributed by atoms with Crippen molar-refractivity contribution in [2.24, 2.45) is 0 Å². The third-order valence-corrected chi connectivity index (χ3v) is 7.82. The topological polar surface area (TPSA) is 236 Å². The van der Waals surface area contributed by atoms with Crippen molar-refractivity contribution in [3.63, 3.8) is 0 Å². The highest BCUT2D eigenvalue weighted by atomic mass is 31.3. The molecule has 3 heterocycles. The minimum absolute atomic E-state index is 0.122. The molecule has 9 atom stereocenters. The van der Waals surface area contributed by atoms with Gasteiger partial charge in [0.25, 0.3) is 5.56 Å². The van der Waals surface area contributed by atoms with E-state index in [0.29, 0.717) is 0 Å². The van der Waals surface area contributed by atoms with E-state index in [1.165, 1.54) is 20.0 Å². The summed E-state index contributed by atoms with van der Waals surface area (Å²) in [5.41, 5.74) is -1.17. The third-order valence-electron chi connectivity index (χ3n) is 5.19. The third kappa shape index (κ3) is 6.69. The fraction of sp³-hybridized carbons (Fsp3) is 0.750. The van der Waals surface area contributed by atoms with E-state index in [2.05, 4.69) is 18.3 Å². The lowest BCUT2D eigenvalue weighted by atomic mass is 10.0. The summed E-state index contributed by atoms with van der Waals surface area (Å²) in [6.45, 7) is 2.05. The molecule has 34 heavy (non-hydrogen) atoms. The molecule has 1 aromatic rings. The second kappa shape index (κ2) is 10.4. The molecule has 0 radical (unpaired) electrons. The van der Waals surface area contributed by atoms with Gasteiger partial charge in [0.2, 0.25) is 0 Å². The van der Waals surface area contributed by atoms with E-state index in [0.717, 1.165) is 4.57 Å². The van der Waals surface area contributed by atoms with Crippen molar-refractivity contribution in [3.05, 3.63) is 32.6 Å². The molecule has 18 heteroatoms. The number of H-pyrrole nitrogens is 1. The second-order valence-corrected chi connectivity index (χ2v) is 10.9. The lowest BCUT2D eigenvalue weighted by Gasteiger charge is -2.35. The number of hydrogen-bond acceptors (Lipinski definition) is 12. The van der Waals surface area contributed by atoms with Gasteiger partial charge in [-0.15, -0.1) is 0 Å². The summed E-state index contributed by atoms with van der Waals surface area (Å²) in [4.78, 5) is 45.1. The molecule has 3 unspecified atom stereocenters. The lowest BCUT2D eigenvalue weighted by molar-refractivity contribution is -0.220. The van der Waals surface area contributed by atoms with Crippen LogP contribution in [0.1, 0.15) is 31.6 Å². The second-order valence-electron chi connectivity index (χ2n) is 7.90. The molecule has 0 amide bonds. The Labute approximate surface area is 191 Å². The van der Waals surface area contributed by atoms with Gasteiger partial charge in [0.05, 0.1) is 24.9 Å². The molecule has 0 bridgehead atoms. The van der Waals surface area contributed by atoms with Crippen molar-refractivity contribution in [1.82, 2.24) is 9.55 Å². The molecular weight excluding hydrogens is 506 g/mol. The Bertz CT molecular complexity index is 1080. The molecule has 0 aromatic carbocycles. The molecular formula is C16H26N2O14P2. The van der Waals surface area contributed by atoms with E-state index in [4.69, 9.17) is 9.47 Å². The van der Waals surface area contributed by atoms with Crippen molar-refractivity contribution < 1.29 is 57.1 Å². The average Bonchev–Trinajstić information content (AvgIpc) is 3.06. The summed E-state index contributed by atoms with van der Waals surface area (Å²) >= 11 is 0. The molecule has 2 saturated heterocycles. The number of nitrogens with zero attached hydrogens (tertiary/aromatic N) is 1. The predicted molar refractivity (Wildman–Crippen MR) is 109 cm³/mol. The number of aromatic nitrogens is 2. The minimum Gasteiger partial charge on any atom is -0.390 e. The highest BCUT2D eigenvalue weighted by Crippen LogP contribution is 2.61. The van der Waals surface area contributed by atoms with Crippen LogP contribution < -0.4 is 11.2 Å². The van der Waals surface area contributed by atoms with Gasteiger partial charge in [0.15, 0.2) is 6.29 Å². The lowest BCUT2D eigenvalue weighted by Crippen LogP contribution is -2.47. The van der Waals surface area contributed by atoms with Crippen LogP contribution in [0.3, 0.4) is 0 Å². The van der Waals surface area contributed by atoms with Crippen LogP contribution in [0.15, 0.2) is 15.8 Å². The van der Waals surface area contributed by atoms with Crippen molar-refractivity contribution in [3.8, 4) is 0 Å². The number of phosphoric acid groups is 2. The van der Waals surface area contributed by atoms with Gasteiger partial charge in [0, 0.05) is 24.6 Å². The molecule has 1 aromatic heterocycles. The molecule has 2 fully saturated rings. The van der Waals surface area contributed by atoms with Crippen LogP contribution in [0.4, 0.5) is 0 Å². The number of aliphatic hydroxyl groups is 3. The van der Waals surface area contributed by atoms with E-state index in [1.807, 2.05) is 0 Å². The fourth-order valence-electron chi connectivity index (χ4n) is 3.42. The molecule has 0 aliphatic carbocycles. The van der Waals surface area contributed by atoms with Crippen LogP contribution in [0.5, 0.6) is 0 Å². The standard InChI is InChI=1S/C16H26N2O14P2/c1-7-5-18(16(23)17-15(7)22)12-3-9(19)11(30-12)6-28-33(24,25)32-34(26,27)31-13-4-10(20)14(21)8(2)29-13/h5,8-14,19-21H,3-4,6H2,1-2H3,(H,24,25)(H,26,27)(H,17,22,23)/t8-,9-,10-,11+,12+,13?,14-/m0/s1. The van der Waals surface area contributed by atoms with Gasteiger partial charge in [-0.3, -0.25) is 23.4 Å². The molecule has 2 aliphatic rings. The first-order valence-electron chi connectivity index (χ1n) is 10.0. The highest BCUT2D eigenvalue weighted by Gasteiger charge is 2.43. The number of ether oxygens (including phenoxy) is 2. The summed E-state index contributed by atoms with van der Waals surface area (Å²) in [6.07, 6.45) is -7.90. The monoisotopic (exact) mass is 532 g/mol. The maximum Gasteiger partial charge on any atom is 0.483 e. The first-order chi connectivity index (χ1) is 15.7. The average molecular weight is 532 g/mol. The van der Waals surface area contributed by atoms with Crippen molar-refractivity contribution in [2.45, 2.75) is 69.7 Å². The maximum absolute atomic E-state index is 12.1. The number of hydrogen-bond donors (Lipinski definition) is 6. The molecule has 0 spiro atoms. The zero-order valence-electron chi connectivity index (χ0n) is 18.0. The number of aryl methyl sites for hydroxylation is 1. The number of aromatic amines is 1. The quantitative estimate of drug-likeness (QED) is 0.211. The van der Waals surface area contributed by atoms with Gasteiger partial charge in [-0.2, -0.15) is 4.31 Å². The summed E-state index contributed by atoms with van der Waals surface area (Å²) in [5.74, 6) is 0. The van der Waals surface area contributed by atoms with Gasteiger partial charge >= 0.3 is 21.3 Å². The summed E-state index contributed by atoms with van der Waals surface area (Å²) in [6, 6.07) is 0. The Morgan fingerprint density at radius 3 is 2.44 bits per heavy atom. The minimum atomic E-state index is -5.25. The van der Waals surface area contributed by atoms with Crippen LogP contribution in [0, 0.1) is 6.92 Å². The van der Waals surface area contributed by atoms with Gasteiger partial charge in [-0.05, 0) is 13.8 Å². The van der Waals surface area contributed by atoms with Gasteiger partial charge in [-0.25, -0.2) is 13.9 Å². The summed E-state index contributed by atoms with van der Waals surface area (Å²) in [5, 5.41) is 29.5. The maximum atomic E-state index is 12.1. The van der Waals surface area contributed by atoms with E-state index in [1.54, 1.807) is 0 Å². The van der Waals surface area contributed by atoms with Crippen molar-refractivity contribution >= 4 is 15.6 Å². The zero-order valence-corrected chi connectivity index (χ0v) is 19.8. The molecule has 6 N–H and O–H groups in total. The largest absolute Gasteiger partial charge is 0.483 e. The Balaban J connectivity index is 1.56. The number of rotatable bonds is 8. The SMILES string of the molecule is Cc1cn([C@H]2C[C@H](O)[C@@H](COP(=O)(O)OP(=O)(O)OC3C[C@H](O)[C@@H](O)[C@H](C)O3)O2)c(=O)[nH]c1=O. The Morgan fingerprint density at radius 1 is 1.12 bits per heavy atom. The highest BCUT2D eigenvalue weighted by molar-refractivity contribution is 7.61. The van der Waals surface area contributed by atoms with E-state index >= 15 is 0 Å². The Kier molecular flexibility index (Phi) is 8.35. The Hall–Kier alpha value is -1.26. The zero-order chi connectivity index (χ0) is 25.4.